The van der Waals surface area contributed by atoms with Crippen molar-refractivity contribution in [2.45, 2.75) is 24.9 Å². The average Bonchev–Trinajstić information content (AvgIpc) is 3.23. The Morgan fingerprint density at radius 3 is 2.56 bits per heavy atom. The molecule has 2 aliphatic rings. The van der Waals surface area contributed by atoms with Crippen LogP contribution in [0, 0.1) is 0 Å². The molecule has 1 amide bonds. The number of rotatable bonds is 2. The first kappa shape index (κ1) is 14.5. The summed E-state index contributed by atoms with van der Waals surface area (Å²) in [6, 6.07) is 12.1. The Labute approximate surface area is 145 Å². The zero-order chi connectivity index (χ0) is 16.8. The number of benzene rings is 1. The van der Waals surface area contributed by atoms with Gasteiger partial charge < -0.3 is 14.8 Å². The highest BCUT2D eigenvalue weighted by Crippen LogP contribution is 2.34. The second-order valence-corrected chi connectivity index (χ2v) is 6.81. The van der Waals surface area contributed by atoms with E-state index in [1.54, 1.807) is 6.33 Å². The average molecular weight is 333 g/mol. The molecule has 2 bridgehead atoms. The predicted octanol–water partition coefficient (Wildman–Crippen LogP) is 2.45. The molecule has 0 saturated carbocycles. The van der Waals surface area contributed by atoms with E-state index in [4.69, 9.17) is 0 Å². The van der Waals surface area contributed by atoms with Gasteiger partial charge in [0.05, 0.1) is 17.5 Å². The minimum Gasteiger partial charge on any atom is -0.352 e. The lowest BCUT2D eigenvalue weighted by Gasteiger charge is -2.41. The second-order valence-electron chi connectivity index (χ2n) is 6.81. The molecule has 2 fully saturated rings. The third-order valence-electron chi connectivity index (χ3n) is 5.37. The fraction of sp³-hybridized carbons (Fsp3) is 0.316. The summed E-state index contributed by atoms with van der Waals surface area (Å²) in [4.78, 5) is 29.3. The zero-order valence-corrected chi connectivity index (χ0v) is 13.8. The topological polar surface area (TPSA) is 65.1 Å². The van der Waals surface area contributed by atoms with Crippen LogP contribution in [0.25, 0.3) is 11.0 Å². The van der Waals surface area contributed by atoms with Crippen LogP contribution in [0.3, 0.4) is 0 Å². The van der Waals surface area contributed by atoms with Crippen molar-refractivity contribution in [2.75, 3.05) is 18.0 Å². The Kier molecular flexibility index (Phi) is 3.23. The first-order valence-electron chi connectivity index (χ1n) is 8.72. The fourth-order valence-corrected chi connectivity index (χ4v) is 4.25. The quantitative estimate of drug-likeness (QED) is 0.782. The van der Waals surface area contributed by atoms with Crippen molar-refractivity contribution in [3.8, 4) is 0 Å². The Balaban J connectivity index is 1.44. The molecule has 6 nitrogen and oxygen atoms in total. The largest absolute Gasteiger partial charge is 0.352 e. The summed E-state index contributed by atoms with van der Waals surface area (Å²) in [5.41, 5.74) is 1.64. The van der Waals surface area contributed by atoms with Crippen LogP contribution in [-0.4, -0.2) is 50.9 Å². The van der Waals surface area contributed by atoms with Crippen LogP contribution in [0.2, 0.25) is 0 Å². The lowest BCUT2D eigenvalue weighted by Crippen LogP contribution is -2.56. The molecule has 0 radical (unpaired) electrons. The highest BCUT2D eigenvalue weighted by Gasteiger charge is 2.43. The Bertz CT molecular complexity index is 908. The number of H-pyrrole nitrogens is 1. The second kappa shape index (κ2) is 5.58. The number of aromatic amines is 1. The molecule has 0 aliphatic carbocycles. The number of hydrogen-bond donors (Lipinski definition) is 1. The van der Waals surface area contributed by atoms with E-state index in [1.165, 1.54) is 0 Å². The number of nitrogens with zero attached hydrogens (tertiary/aromatic N) is 4. The molecular formula is C19H19N5O. The van der Waals surface area contributed by atoms with Crippen LogP contribution in [0.4, 0.5) is 5.82 Å². The van der Waals surface area contributed by atoms with E-state index < -0.39 is 0 Å². The molecule has 1 unspecified atom stereocenters. The van der Waals surface area contributed by atoms with Crippen LogP contribution in [-0.2, 0) is 0 Å². The van der Waals surface area contributed by atoms with Gasteiger partial charge in [-0.2, -0.15) is 0 Å². The minimum absolute atomic E-state index is 0.155. The number of piperazine rings is 1. The molecule has 126 valence electrons. The van der Waals surface area contributed by atoms with Gasteiger partial charge in [-0.3, -0.25) is 4.79 Å². The number of anilines is 1. The monoisotopic (exact) mass is 333 g/mol. The van der Waals surface area contributed by atoms with Crippen molar-refractivity contribution >= 4 is 22.8 Å². The number of nitrogens with one attached hydrogen (secondary N) is 1. The number of fused-ring (bicyclic) bond motifs is 3. The van der Waals surface area contributed by atoms with Crippen molar-refractivity contribution in [3.63, 3.8) is 0 Å². The van der Waals surface area contributed by atoms with E-state index in [9.17, 15) is 4.79 Å². The van der Waals surface area contributed by atoms with Crippen LogP contribution in [0.1, 0.15) is 23.2 Å². The summed E-state index contributed by atoms with van der Waals surface area (Å²) >= 11 is 0. The van der Waals surface area contributed by atoms with E-state index in [-0.39, 0.29) is 18.0 Å². The number of amides is 1. The Hall–Kier alpha value is -2.89. The van der Waals surface area contributed by atoms with Crippen LogP contribution in [0.15, 0.2) is 48.9 Å². The predicted molar refractivity (Wildman–Crippen MR) is 95.5 cm³/mol. The van der Waals surface area contributed by atoms with Crippen LogP contribution in [0.5, 0.6) is 0 Å². The first-order valence-corrected chi connectivity index (χ1v) is 8.72. The fourth-order valence-electron chi connectivity index (χ4n) is 4.25. The van der Waals surface area contributed by atoms with Gasteiger partial charge in [0.1, 0.15) is 17.8 Å². The summed E-state index contributed by atoms with van der Waals surface area (Å²) in [5.74, 6) is 1.12. The van der Waals surface area contributed by atoms with Crippen LogP contribution < -0.4 is 4.90 Å². The molecular weight excluding hydrogens is 314 g/mol. The highest BCUT2D eigenvalue weighted by atomic mass is 16.2. The lowest BCUT2D eigenvalue weighted by atomic mass is 10.1. The lowest BCUT2D eigenvalue weighted by molar-refractivity contribution is 0.0641. The maximum Gasteiger partial charge on any atom is 0.254 e. The van der Waals surface area contributed by atoms with E-state index in [2.05, 4.69) is 24.8 Å². The summed E-state index contributed by atoms with van der Waals surface area (Å²) in [7, 11) is 0. The third-order valence-corrected chi connectivity index (χ3v) is 5.37. The van der Waals surface area contributed by atoms with Gasteiger partial charge >= 0.3 is 0 Å². The van der Waals surface area contributed by atoms with Gasteiger partial charge in [0.15, 0.2) is 0 Å². The summed E-state index contributed by atoms with van der Waals surface area (Å²) in [6.07, 6.45) is 5.62. The first-order chi connectivity index (χ1) is 12.3. The molecule has 4 heterocycles. The third kappa shape index (κ3) is 2.28. The molecule has 0 spiro atoms. The SMILES string of the molecule is O=C(c1ccccc1)N1C2CC[C@H]1CN(c1ncnc3[nH]ccc13)C2. The van der Waals surface area contributed by atoms with Crippen molar-refractivity contribution < 1.29 is 4.79 Å². The molecule has 1 aromatic carbocycles. The van der Waals surface area contributed by atoms with E-state index in [1.807, 2.05) is 42.6 Å². The minimum atomic E-state index is 0.155. The molecule has 2 aliphatic heterocycles. The molecule has 25 heavy (non-hydrogen) atoms. The molecule has 2 atom stereocenters. The van der Waals surface area contributed by atoms with Gasteiger partial charge in [0, 0.05) is 24.8 Å². The maximum absolute atomic E-state index is 13.0. The van der Waals surface area contributed by atoms with Crippen molar-refractivity contribution in [1.82, 2.24) is 19.9 Å². The van der Waals surface area contributed by atoms with Crippen molar-refractivity contribution in [1.29, 1.82) is 0 Å². The summed E-state index contributed by atoms with van der Waals surface area (Å²) < 4.78 is 0. The smallest absolute Gasteiger partial charge is 0.254 e. The molecule has 2 saturated heterocycles. The Morgan fingerprint density at radius 1 is 1.04 bits per heavy atom. The highest BCUT2D eigenvalue weighted by molar-refractivity contribution is 5.95. The van der Waals surface area contributed by atoms with E-state index >= 15 is 0 Å². The summed E-state index contributed by atoms with van der Waals surface area (Å²) in [5, 5.41) is 1.05. The van der Waals surface area contributed by atoms with E-state index in [0.717, 1.165) is 48.3 Å². The molecule has 2 aromatic heterocycles. The molecule has 3 aromatic rings. The van der Waals surface area contributed by atoms with Gasteiger partial charge in [-0.05, 0) is 31.0 Å². The summed E-state index contributed by atoms with van der Waals surface area (Å²) in [6.45, 7) is 1.65. The number of carbonyl (C=O) groups is 1. The number of carbonyl (C=O) groups excluding carboxylic acids is 1. The van der Waals surface area contributed by atoms with Gasteiger partial charge in [-0.15, -0.1) is 0 Å². The maximum atomic E-state index is 13.0. The zero-order valence-electron chi connectivity index (χ0n) is 13.8. The van der Waals surface area contributed by atoms with Crippen LogP contribution >= 0.6 is 0 Å². The van der Waals surface area contributed by atoms with Crippen molar-refractivity contribution in [2.24, 2.45) is 0 Å². The standard InChI is InChI=1S/C19H19N5O/c25-19(13-4-2-1-3-5-13)24-14-6-7-15(24)11-23(10-14)18-16-8-9-20-17(16)21-12-22-18/h1-5,8-9,12,14-15H,6-7,10-11H2,(H,20,21,22)/t14-,15?/m0/s1. The molecule has 5 rings (SSSR count). The van der Waals surface area contributed by atoms with Crippen molar-refractivity contribution in [3.05, 3.63) is 54.5 Å². The van der Waals surface area contributed by atoms with Gasteiger partial charge in [-0.1, -0.05) is 18.2 Å². The van der Waals surface area contributed by atoms with Gasteiger partial charge in [0.2, 0.25) is 0 Å². The van der Waals surface area contributed by atoms with Gasteiger partial charge in [0.25, 0.3) is 5.91 Å². The van der Waals surface area contributed by atoms with Gasteiger partial charge in [-0.25, -0.2) is 9.97 Å². The molecule has 6 heteroatoms. The van der Waals surface area contributed by atoms with E-state index in [0.29, 0.717) is 0 Å². The number of aromatic nitrogens is 3. The Morgan fingerprint density at radius 2 is 1.80 bits per heavy atom. The normalized spacial score (nSPS) is 22.6. The number of hydrogen-bond acceptors (Lipinski definition) is 4. The molecule has 1 N–H and O–H groups in total.